The highest BCUT2D eigenvalue weighted by atomic mass is 35.5. The zero-order valence-electron chi connectivity index (χ0n) is 24.7. The number of ether oxygens (including phenoxy) is 1. The first-order valence-corrected chi connectivity index (χ1v) is 16.4. The molecule has 5 rings (SSSR count). The summed E-state index contributed by atoms with van der Waals surface area (Å²) in [7, 11) is -1.85. The van der Waals surface area contributed by atoms with E-state index in [0.29, 0.717) is 29.5 Å². The van der Waals surface area contributed by atoms with Crippen molar-refractivity contribution in [3.05, 3.63) is 107 Å². The van der Waals surface area contributed by atoms with Crippen LogP contribution in [0.15, 0.2) is 89.8 Å². The maximum Gasteiger partial charge on any atom is 0.241 e. The molecule has 1 aliphatic rings. The minimum absolute atomic E-state index is 0.0621. The van der Waals surface area contributed by atoms with Crippen molar-refractivity contribution in [2.45, 2.75) is 50.2 Å². The van der Waals surface area contributed by atoms with E-state index in [-0.39, 0.29) is 23.3 Å². The Morgan fingerprint density at radius 3 is 2.58 bits per heavy atom. The second-order valence-electron chi connectivity index (χ2n) is 11.6. The lowest BCUT2D eigenvalue weighted by Gasteiger charge is -2.28. The first kappa shape index (κ1) is 31.0. The third-order valence-corrected chi connectivity index (χ3v) is 9.38. The Morgan fingerprint density at radius 1 is 1.02 bits per heavy atom. The van der Waals surface area contributed by atoms with E-state index >= 15 is 0 Å². The van der Waals surface area contributed by atoms with Crippen molar-refractivity contribution < 1.29 is 17.9 Å². The number of hydrogen-bond acceptors (Lipinski definition) is 5. The lowest BCUT2D eigenvalue weighted by Crippen LogP contribution is -2.36. The minimum Gasteiger partial charge on any atom is -0.493 e. The zero-order valence-corrected chi connectivity index (χ0v) is 26.3. The first-order valence-electron chi connectivity index (χ1n) is 14.6. The van der Waals surface area contributed by atoms with Gasteiger partial charge < -0.3 is 15.0 Å². The number of nitrogens with one attached hydrogen (secondary N) is 2. The topological polar surface area (TPSA) is 87.7 Å². The van der Waals surface area contributed by atoms with Crippen molar-refractivity contribution in [1.82, 2.24) is 14.9 Å². The number of sulfonamides is 1. The van der Waals surface area contributed by atoms with Crippen LogP contribution in [0.25, 0.3) is 10.8 Å². The van der Waals surface area contributed by atoms with Crippen LogP contribution in [0.5, 0.6) is 5.75 Å². The third-order valence-electron chi connectivity index (χ3n) is 7.58. The number of benzene rings is 4. The monoisotopic (exact) mass is 619 g/mol. The molecule has 2 atom stereocenters. The highest BCUT2D eigenvalue weighted by Gasteiger charge is 2.28. The molecular weight excluding hydrogens is 582 g/mol. The molecule has 1 amide bonds. The third kappa shape index (κ3) is 7.75. The summed E-state index contributed by atoms with van der Waals surface area (Å²) < 4.78 is 35.9. The Bertz CT molecular complexity index is 1690. The molecule has 0 spiro atoms. The average Bonchev–Trinajstić information content (AvgIpc) is 2.96. The van der Waals surface area contributed by atoms with Crippen LogP contribution in [-0.4, -0.2) is 39.4 Å². The van der Waals surface area contributed by atoms with Gasteiger partial charge in [0.25, 0.3) is 0 Å². The lowest BCUT2D eigenvalue weighted by atomic mass is 9.97. The maximum absolute atomic E-state index is 13.6. The molecule has 4 aromatic rings. The number of halogens is 1. The molecule has 43 heavy (non-hydrogen) atoms. The normalized spacial score (nSPS) is 15.7. The molecule has 0 aromatic heterocycles. The van der Waals surface area contributed by atoms with Crippen molar-refractivity contribution in [2.24, 2.45) is 5.92 Å². The molecule has 9 heteroatoms. The number of fused-ring (bicyclic) bond motifs is 2. The van der Waals surface area contributed by atoms with Crippen LogP contribution in [0.4, 0.5) is 0 Å². The molecule has 2 N–H and O–H groups in total. The van der Waals surface area contributed by atoms with E-state index in [4.69, 9.17) is 16.3 Å². The van der Waals surface area contributed by atoms with Crippen LogP contribution in [0.2, 0.25) is 5.02 Å². The minimum atomic E-state index is -3.96. The Kier molecular flexibility index (Phi) is 9.72. The van der Waals surface area contributed by atoms with Gasteiger partial charge in [0, 0.05) is 41.9 Å². The molecule has 4 aromatic carbocycles. The van der Waals surface area contributed by atoms with Crippen LogP contribution < -0.4 is 14.8 Å². The predicted molar refractivity (Wildman–Crippen MR) is 172 cm³/mol. The fraction of sp³-hybridized carbons (Fsp3) is 0.324. The Hall–Kier alpha value is -3.43. The predicted octanol–water partition coefficient (Wildman–Crippen LogP) is 6.63. The molecule has 1 heterocycles. The van der Waals surface area contributed by atoms with Gasteiger partial charge in [-0.2, -0.15) is 0 Å². The molecule has 0 bridgehead atoms. The summed E-state index contributed by atoms with van der Waals surface area (Å²) in [6.45, 7) is 6.71. The largest absolute Gasteiger partial charge is 0.493 e. The molecular formula is C34H38ClN3O4S. The number of rotatable bonds is 11. The van der Waals surface area contributed by atoms with Gasteiger partial charge in [-0.05, 0) is 53.7 Å². The summed E-state index contributed by atoms with van der Waals surface area (Å²) >= 11 is 6.28. The summed E-state index contributed by atoms with van der Waals surface area (Å²) in [5, 5.41) is 5.18. The van der Waals surface area contributed by atoms with Gasteiger partial charge in [-0.15, -0.1) is 0 Å². The van der Waals surface area contributed by atoms with Gasteiger partial charge in [0.15, 0.2) is 0 Å². The number of nitrogens with zero attached hydrogens (tertiary/aromatic N) is 1. The van der Waals surface area contributed by atoms with E-state index in [9.17, 15) is 13.2 Å². The second-order valence-corrected chi connectivity index (χ2v) is 13.8. The molecule has 0 saturated carbocycles. The fourth-order valence-corrected chi connectivity index (χ4v) is 7.18. The van der Waals surface area contributed by atoms with Crippen molar-refractivity contribution in [2.75, 3.05) is 20.2 Å². The average molecular weight is 620 g/mol. The molecule has 7 nitrogen and oxygen atoms in total. The van der Waals surface area contributed by atoms with Gasteiger partial charge in [-0.1, -0.05) is 86.1 Å². The van der Waals surface area contributed by atoms with E-state index in [1.807, 2.05) is 42.5 Å². The van der Waals surface area contributed by atoms with Gasteiger partial charge in [0.1, 0.15) is 5.75 Å². The van der Waals surface area contributed by atoms with Crippen LogP contribution >= 0.6 is 11.6 Å². The fourth-order valence-electron chi connectivity index (χ4n) is 5.68. The highest BCUT2D eigenvalue weighted by molar-refractivity contribution is 7.89. The maximum atomic E-state index is 13.6. The zero-order chi connectivity index (χ0) is 30.6. The van der Waals surface area contributed by atoms with E-state index < -0.39 is 16.1 Å². The smallest absolute Gasteiger partial charge is 0.241 e. The summed E-state index contributed by atoms with van der Waals surface area (Å²) in [5.74, 6) is 1.11. The summed E-state index contributed by atoms with van der Waals surface area (Å²) in [6, 6.07) is 24.5. The van der Waals surface area contributed by atoms with Crippen molar-refractivity contribution in [1.29, 1.82) is 0 Å². The number of carbonyl (C=O) groups excluding carboxylic acids is 1. The summed E-state index contributed by atoms with van der Waals surface area (Å²) in [4.78, 5) is 15.8. The summed E-state index contributed by atoms with van der Waals surface area (Å²) in [5.41, 5.74) is 2.79. The Morgan fingerprint density at radius 2 is 1.81 bits per heavy atom. The van der Waals surface area contributed by atoms with E-state index in [2.05, 4.69) is 48.0 Å². The summed E-state index contributed by atoms with van der Waals surface area (Å²) in [6.07, 6.45) is 0.570. The van der Waals surface area contributed by atoms with Crippen LogP contribution in [0.1, 0.15) is 55.5 Å². The SMILES string of the molecule is CC(C)CN(C)Cc1ccc2c(c1)OCCC2NC(=O)CC(NS(=O)(=O)c1ccc2c(Cl)cccc2c1)c1ccccc1. The van der Waals surface area contributed by atoms with Crippen molar-refractivity contribution in [3.8, 4) is 5.75 Å². The molecule has 0 fully saturated rings. The molecule has 0 radical (unpaired) electrons. The molecule has 1 aliphatic heterocycles. The first-order chi connectivity index (χ1) is 20.6. The Balaban J connectivity index is 1.32. The van der Waals surface area contributed by atoms with E-state index in [0.717, 1.165) is 40.7 Å². The Labute approximate surface area is 259 Å². The van der Waals surface area contributed by atoms with Gasteiger partial charge in [0.2, 0.25) is 15.9 Å². The van der Waals surface area contributed by atoms with Crippen molar-refractivity contribution >= 4 is 38.3 Å². The standard InChI is InChI=1S/C34H38ClN3O4S/c1-23(2)21-38(3)22-24-12-14-29-31(16-17-42-33(29)18-24)36-34(39)20-32(25-8-5-4-6-9-25)37-43(40,41)27-13-15-28-26(19-27)10-7-11-30(28)35/h4-15,18-19,23,31-32,37H,16-17,20-22H2,1-3H3,(H,36,39). The van der Waals surface area contributed by atoms with E-state index in [1.165, 1.54) is 6.07 Å². The lowest BCUT2D eigenvalue weighted by molar-refractivity contribution is -0.122. The molecule has 0 aliphatic carbocycles. The van der Waals surface area contributed by atoms with Gasteiger partial charge in [-0.3, -0.25) is 4.79 Å². The molecule has 0 saturated heterocycles. The van der Waals surface area contributed by atoms with E-state index in [1.54, 1.807) is 24.3 Å². The number of carbonyl (C=O) groups is 1. The number of hydrogen-bond donors (Lipinski definition) is 2. The quantitative estimate of drug-likeness (QED) is 0.197. The number of amides is 1. The van der Waals surface area contributed by atoms with Crippen LogP contribution in [0.3, 0.4) is 0 Å². The van der Waals surface area contributed by atoms with Crippen LogP contribution in [0, 0.1) is 5.92 Å². The van der Waals surface area contributed by atoms with Gasteiger partial charge >= 0.3 is 0 Å². The van der Waals surface area contributed by atoms with Gasteiger partial charge in [-0.25, -0.2) is 13.1 Å². The second kappa shape index (κ2) is 13.5. The van der Waals surface area contributed by atoms with Crippen molar-refractivity contribution in [3.63, 3.8) is 0 Å². The highest BCUT2D eigenvalue weighted by Crippen LogP contribution is 2.34. The molecule has 226 valence electrons. The van der Waals surface area contributed by atoms with Gasteiger partial charge in [0.05, 0.1) is 23.6 Å². The molecule has 2 unspecified atom stereocenters. The van der Waals surface area contributed by atoms with Crippen LogP contribution in [-0.2, 0) is 21.4 Å².